The zero-order chi connectivity index (χ0) is 11.6. The molecule has 1 aromatic heterocycles. The van der Waals surface area contributed by atoms with E-state index >= 15 is 0 Å². The van der Waals surface area contributed by atoms with Gasteiger partial charge in [-0.25, -0.2) is 0 Å². The van der Waals surface area contributed by atoms with Crippen molar-refractivity contribution in [2.45, 2.75) is 31.8 Å². The van der Waals surface area contributed by atoms with E-state index in [0.717, 1.165) is 12.0 Å². The molecule has 0 radical (unpaired) electrons. The first-order valence-corrected chi connectivity index (χ1v) is 5.45. The van der Waals surface area contributed by atoms with Crippen molar-refractivity contribution in [1.29, 1.82) is 0 Å². The molecule has 86 valence electrons. The molecule has 1 saturated carbocycles. The van der Waals surface area contributed by atoms with Crippen molar-refractivity contribution in [3.63, 3.8) is 0 Å². The fraction of sp³-hybridized carbons (Fsp3) is 0.500. The van der Waals surface area contributed by atoms with Crippen LogP contribution in [0.1, 0.15) is 24.8 Å². The number of aliphatic hydroxyl groups is 1. The molecule has 2 atom stereocenters. The van der Waals surface area contributed by atoms with E-state index in [1.54, 1.807) is 18.5 Å². The highest BCUT2D eigenvalue weighted by molar-refractivity contribution is 5.76. The standard InChI is InChI=1S/C12H15NO3/c14-10-4-1-5-12(10,11(15)16)7-9-3-2-6-13-8-9/h2-3,6,8,10,14H,1,4-5,7H2,(H,15,16). The minimum atomic E-state index is -1.01. The highest BCUT2D eigenvalue weighted by Crippen LogP contribution is 2.41. The van der Waals surface area contributed by atoms with Crippen molar-refractivity contribution in [1.82, 2.24) is 4.98 Å². The molecule has 2 unspecified atom stereocenters. The molecule has 0 amide bonds. The lowest BCUT2D eigenvalue weighted by Gasteiger charge is -2.27. The maximum absolute atomic E-state index is 11.4. The molecule has 0 bridgehead atoms. The van der Waals surface area contributed by atoms with Crippen molar-refractivity contribution in [3.8, 4) is 0 Å². The van der Waals surface area contributed by atoms with Crippen LogP contribution in [0.3, 0.4) is 0 Å². The predicted molar refractivity (Wildman–Crippen MR) is 57.9 cm³/mol. The molecule has 1 aliphatic rings. The Hall–Kier alpha value is -1.42. The van der Waals surface area contributed by atoms with E-state index in [4.69, 9.17) is 0 Å². The molecular formula is C12H15NO3. The van der Waals surface area contributed by atoms with Crippen molar-refractivity contribution < 1.29 is 15.0 Å². The van der Waals surface area contributed by atoms with E-state index in [2.05, 4.69) is 4.98 Å². The Morgan fingerprint density at radius 3 is 2.94 bits per heavy atom. The number of aliphatic hydroxyl groups excluding tert-OH is 1. The van der Waals surface area contributed by atoms with Crippen LogP contribution in [0.15, 0.2) is 24.5 Å². The fourth-order valence-corrected chi connectivity index (χ4v) is 2.45. The van der Waals surface area contributed by atoms with Crippen LogP contribution in [-0.2, 0) is 11.2 Å². The Morgan fingerprint density at radius 1 is 1.62 bits per heavy atom. The second-order valence-electron chi connectivity index (χ2n) is 4.41. The van der Waals surface area contributed by atoms with Crippen LogP contribution in [0.4, 0.5) is 0 Å². The number of rotatable bonds is 3. The van der Waals surface area contributed by atoms with Crippen LogP contribution in [0.5, 0.6) is 0 Å². The van der Waals surface area contributed by atoms with Gasteiger partial charge in [-0.1, -0.05) is 6.07 Å². The van der Waals surface area contributed by atoms with E-state index in [9.17, 15) is 15.0 Å². The third kappa shape index (κ3) is 1.80. The smallest absolute Gasteiger partial charge is 0.312 e. The van der Waals surface area contributed by atoms with Gasteiger partial charge in [0.15, 0.2) is 0 Å². The maximum atomic E-state index is 11.4. The van der Waals surface area contributed by atoms with E-state index in [0.29, 0.717) is 19.3 Å². The number of aromatic nitrogens is 1. The summed E-state index contributed by atoms with van der Waals surface area (Å²) in [5.74, 6) is -0.902. The predicted octanol–water partition coefficient (Wildman–Crippen LogP) is 1.24. The molecule has 1 aromatic rings. The third-order valence-electron chi connectivity index (χ3n) is 3.41. The Morgan fingerprint density at radius 2 is 2.44 bits per heavy atom. The van der Waals surface area contributed by atoms with Crippen molar-refractivity contribution in [2.24, 2.45) is 5.41 Å². The molecule has 0 saturated heterocycles. The first-order chi connectivity index (χ1) is 7.65. The van der Waals surface area contributed by atoms with E-state index in [-0.39, 0.29) is 0 Å². The molecule has 2 rings (SSSR count). The molecule has 16 heavy (non-hydrogen) atoms. The highest BCUT2D eigenvalue weighted by atomic mass is 16.4. The van der Waals surface area contributed by atoms with Crippen LogP contribution in [-0.4, -0.2) is 27.3 Å². The molecule has 0 aromatic carbocycles. The van der Waals surface area contributed by atoms with Crippen molar-refractivity contribution in [3.05, 3.63) is 30.1 Å². The summed E-state index contributed by atoms with van der Waals surface area (Å²) < 4.78 is 0. The number of aliphatic carboxylic acids is 1. The summed E-state index contributed by atoms with van der Waals surface area (Å²) in [6.45, 7) is 0. The van der Waals surface area contributed by atoms with Gasteiger partial charge in [-0.15, -0.1) is 0 Å². The topological polar surface area (TPSA) is 70.4 Å². The van der Waals surface area contributed by atoms with Crippen LogP contribution >= 0.6 is 0 Å². The lowest BCUT2D eigenvalue weighted by atomic mass is 9.78. The molecule has 1 fully saturated rings. The van der Waals surface area contributed by atoms with Crippen molar-refractivity contribution in [2.75, 3.05) is 0 Å². The van der Waals surface area contributed by atoms with Gasteiger partial charge in [0, 0.05) is 12.4 Å². The summed E-state index contributed by atoms with van der Waals surface area (Å²) in [5.41, 5.74) is -0.144. The zero-order valence-corrected chi connectivity index (χ0v) is 8.97. The molecular weight excluding hydrogens is 206 g/mol. The summed E-state index contributed by atoms with van der Waals surface area (Å²) in [6.07, 6.45) is 4.82. The summed E-state index contributed by atoms with van der Waals surface area (Å²) in [5, 5.41) is 19.2. The SMILES string of the molecule is O=C(O)C1(Cc2cccnc2)CCCC1O. The average Bonchev–Trinajstić information content (AvgIpc) is 2.63. The van der Waals surface area contributed by atoms with Gasteiger partial charge in [0.2, 0.25) is 0 Å². The Labute approximate surface area is 93.9 Å². The minimum Gasteiger partial charge on any atom is -0.481 e. The van der Waals surface area contributed by atoms with Crippen LogP contribution in [0.2, 0.25) is 0 Å². The lowest BCUT2D eigenvalue weighted by molar-refractivity contribution is -0.154. The first-order valence-electron chi connectivity index (χ1n) is 5.45. The number of hydrogen-bond acceptors (Lipinski definition) is 3. The summed E-state index contributed by atoms with van der Waals surface area (Å²) in [6, 6.07) is 3.63. The van der Waals surface area contributed by atoms with E-state index in [1.807, 2.05) is 6.07 Å². The summed E-state index contributed by atoms with van der Waals surface area (Å²) in [7, 11) is 0. The Kier molecular flexibility index (Phi) is 2.92. The molecule has 0 spiro atoms. The van der Waals surface area contributed by atoms with Crippen LogP contribution in [0, 0.1) is 5.41 Å². The molecule has 1 aliphatic carbocycles. The number of pyridine rings is 1. The number of hydrogen-bond donors (Lipinski definition) is 2. The van der Waals surface area contributed by atoms with Crippen LogP contribution < -0.4 is 0 Å². The number of carbonyl (C=O) groups is 1. The van der Waals surface area contributed by atoms with E-state index < -0.39 is 17.5 Å². The lowest BCUT2D eigenvalue weighted by Crippen LogP contribution is -2.40. The second kappa shape index (κ2) is 4.22. The zero-order valence-electron chi connectivity index (χ0n) is 8.97. The Balaban J connectivity index is 2.25. The molecule has 1 heterocycles. The van der Waals surface area contributed by atoms with Gasteiger partial charge in [0.1, 0.15) is 0 Å². The van der Waals surface area contributed by atoms with Gasteiger partial charge in [-0.05, 0) is 37.3 Å². The van der Waals surface area contributed by atoms with Gasteiger partial charge in [-0.3, -0.25) is 9.78 Å². The van der Waals surface area contributed by atoms with Gasteiger partial charge in [0.25, 0.3) is 0 Å². The van der Waals surface area contributed by atoms with Gasteiger partial charge >= 0.3 is 5.97 Å². The summed E-state index contributed by atoms with van der Waals surface area (Å²) >= 11 is 0. The normalized spacial score (nSPS) is 29.2. The van der Waals surface area contributed by atoms with Crippen LogP contribution in [0.25, 0.3) is 0 Å². The number of nitrogens with zero attached hydrogens (tertiary/aromatic N) is 1. The monoisotopic (exact) mass is 221 g/mol. The van der Waals surface area contributed by atoms with E-state index in [1.165, 1.54) is 0 Å². The average molecular weight is 221 g/mol. The van der Waals surface area contributed by atoms with Crippen molar-refractivity contribution >= 4 is 5.97 Å². The number of carboxylic acid groups (broad SMARTS) is 1. The molecule has 4 heteroatoms. The fourth-order valence-electron chi connectivity index (χ4n) is 2.45. The third-order valence-corrected chi connectivity index (χ3v) is 3.41. The van der Waals surface area contributed by atoms with Gasteiger partial charge in [-0.2, -0.15) is 0 Å². The summed E-state index contributed by atoms with van der Waals surface area (Å²) in [4.78, 5) is 15.3. The largest absolute Gasteiger partial charge is 0.481 e. The minimum absolute atomic E-state index is 0.358. The van der Waals surface area contributed by atoms with Gasteiger partial charge in [0.05, 0.1) is 11.5 Å². The quantitative estimate of drug-likeness (QED) is 0.805. The second-order valence-corrected chi connectivity index (χ2v) is 4.41. The maximum Gasteiger partial charge on any atom is 0.312 e. The van der Waals surface area contributed by atoms with Gasteiger partial charge < -0.3 is 10.2 Å². The highest BCUT2D eigenvalue weighted by Gasteiger charge is 2.48. The number of carboxylic acids is 1. The Bertz CT molecular complexity index is 379. The molecule has 0 aliphatic heterocycles. The molecule has 2 N–H and O–H groups in total. The first kappa shape index (κ1) is 11.1. The molecule has 4 nitrogen and oxygen atoms in total.